The molecule has 9 nitrogen and oxygen atoms in total. The second-order valence-electron chi connectivity index (χ2n) is 7.50. The largest absolute Gasteiger partial charge is 0.494 e. The molecule has 0 bridgehead atoms. The highest BCUT2D eigenvalue weighted by Crippen LogP contribution is 2.36. The lowest BCUT2D eigenvalue weighted by atomic mass is 10.1. The van der Waals surface area contributed by atoms with Crippen molar-refractivity contribution in [3.8, 4) is 17.0 Å². The van der Waals surface area contributed by atoms with E-state index in [1.165, 1.54) is 6.08 Å². The molecule has 0 unspecified atom stereocenters. The van der Waals surface area contributed by atoms with Crippen LogP contribution in [0.3, 0.4) is 0 Å². The summed E-state index contributed by atoms with van der Waals surface area (Å²) in [6, 6.07) is 13.4. The molecule has 0 radical (unpaired) electrons. The van der Waals surface area contributed by atoms with Gasteiger partial charge in [0.2, 0.25) is 11.9 Å². The van der Waals surface area contributed by atoms with Crippen molar-refractivity contribution in [2.45, 2.75) is 0 Å². The normalized spacial score (nSPS) is 10.7. The molecule has 0 fully saturated rings. The van der Waals surface area contributed by atoms with E-state index in [-0.39, 0.29) is 12.5 Å². The number of aliphatic hydroxyl groups excluding tert-OH is 1. The number of aromatic nitrogens is 3. The van der Waals surface area contributed by atoms with Crippen LogP contribution in [0.4, 0.5) is 23.0 Å². The second kappa shape index (κ2) is 10.1. The van der Waals surface area contributed by atoms with E-state index in [1.807, 2.05) is 31.4 Å². The van der Waals surface area contributed by atoms with Crippen LogP contribution in [0.2, 0.25) is 0 Å². The molecule has 4 rings (SSSR count). The molecule has 0 aliphatic rings. The van der Waals surface area contributed by atoms with Gasteiger partial charge in [-0.1, -0.05) is 24.8 Å². The van der Waals surface area contributed by atoms with Gasteiger partial charge in [-0.15, -0.1) is 0 Å². The Morgan fingerprint density at radius 1 is 1.21 bits per heavy atom. The predicted octanol–water partition coefficient (Wildman–Crippen LogP) is 3.92. The second-order valence-corrected chi connectivity index (χ2v) is 7.50. The lowest BCUT2D eigenvalue weighted by molar-refractivity contribution is -0.111. The summed E-state index contributed by atoms with van der Waals surface area (Å²) in [6.07, 6.45) is 4.92. The Balaban J connectivity index is 1.71. The lowest BCUT2D eigenvalue weighted by Gasteiger charge is -2.17. The van der Waals surface area contributed by atoms with E-state index in [2.05, 4.69) is 44.2 Å². The van der Waals surface area contributed by atoms with Crippen molar-refractivity contribution in [2.24, 2.45) is 7.05 Å². The van der Waals surface area contributed by atoms with Crippen LogP contribution in [0.5, 0.6) is 5.75 Å². The number of aliphatic hydroxyl groups is 1. The van der Waals surface area contributed by atoms with Crippen LogP contribution in [0.1, 0.15) is 0 Å². The molecule has 0 spiro atoms. The summed E-state index contributed by atoms with van der Waals surface area (Å²) < 4.78 is 7.61. The summed E-state index contributed by atoms with van der Waals surface area (Å²) in [6.45, 7) is 3.74. The topological polar surface area (TPSA) is 113 Å². The number of amides is 1. The minimum atomic E-state index is -0.364. The zero-order chi connectivity index (χ0) is 24.1. The Morgan fingerprint density at radius 2 is 2.03 bits per heavy atom. The lowest BCUT2D eigenvalue weighted by Crippen LogP contribution is -2.13. The molecule has 2 heterocycles. The van der Waals surface area contributed by atoms with Crippen LogP contribution in [-0.2, 0) is 11.8 Å². The number of nitrogens with one attached hydrogen (secondary N) is 3. The Hall–Kier alpha value is -4.37. The van der Waals surface area contributed by atoms with Crippen LogP contribution in [0.25, 0.3) is 22.2 Å². The molecule has 0 aliphatic heterocycles. The number of carbonyl (C=O) groups excluding carboxylic acids is 1. The first kappa shape index (κ1) is 22.8. The fourth-order valence-electron chi connectivity index (χ4n) is 3.71. The first-order valence-corrected chi connectivity index (χ1v) is 10.7. The monoisotopic (exact) mass is 458 g/mol. The summed E-state index contributed by atoms with van der Waals surface area (Å²) >= 11 is 0. The molecule has 0 saturated heterocycles. The smallest absolute Gasteiger partial charge is 0.247 e. The van der Waals surface area contributed by atoms with Crippen LogP contribution < -0.4 is 20.7 Å². The fourth-order valence-corrected chi connectivity index (χ4v) is 3.71. The minimum Gasteiger partial charge on any atom is -0.494 e. The van der Waals surface area contributed by atoms with Gasteiger partial charge < -0.3 is 30.4 Å². The number of hydrogen-bond donors (Lipinski definition) is 4. The van der Waals surface area contributed by atoms with Gasteiger partial charge in [0.25, 0.3) is 0 Å². The number of rotatable bonds is 9. The Bertz CT molecular complexity index is 1350. The van der Waals surface area contributed by atoms with Crippen molar-refractivity contribution in [1.29, 1.82) is 0 Å². The zero-order valence-corrected chi connectivity index (χ0v) is 19.0. The number of ether oxygens (including phenoxy) is 1. The van der Waals surface area contributed by atoms with Crippen LogP contribution in [-0.4, -0.2) is 45.8 Å². The highest BCUT2D eigenvalue weighted by molar-refractivity contribution is 6.02. The highest BCUT2D eigenvalue weighted by Gasteiger charge is 2.15. The summed E-state index contributed by atoms with van der Waals surface area (Å²) in [5, 5.41) is 19.3. The molecule has 9 heteroatoms. The number of carbonyl (C=O) groups is 1. The highest BCUT2D eigenvalue weighted by atomic mass is 16.5. The first-order chi connectivity index (χ1) is 16.5. The van der Waals surface area contributed by atoms with Gasteiger partial charge in [-0.25, -0.2) is 9.97 Å². The summed E-state index contributed by atoms with van der Waals surface area (Å²) in [4.78, 5) is 21.0. The number of fused-ring (bicyclic) bond motifs is 1. The number of nitrogens with zero attached hydrogens (tertiary/aromatic N) is 3. The van der Waals surface area contributed by atoms with Crippen molar-refractivity contribution in [2.75, 3.05) is 36.2 Å². The molecule has 2 aromatic carbocycles. The van der Waals surface area contributed by atoms with Crippen molar-refractivity contribution >= 4 is 39.8 Å². The number of anilines is 4. The van der Waals surface area contributed by atoms with Gasteiger partial charge in [-0.2, -0.15) is 0 Å². The van der Waals surface area contributed by atoms with Gasteiger partial charge in [0.15, 0.2) is 0 Å². The minimum absolute atomic E-state index is 0.0635. The van der Waals surface area contributed by atoms with Crippen LogP contribution >= 0.6 is 0 Å². The number of para-hydroxylation sites is 1. The van der Waals surface area contributed by atoms with Gasteiger partial charge in [-0.3, -0.25) is 4.79 Å². The average molecular weight is 459 g/mol. The van der Waals surface area contributed by atoms with Crippen LogP contribution in [0, 0.1) is 0 Å². The zero-order valence-electron chi connectivity index (χ0n) is 19.0. The molecule has 0 aliphatic carbocycles. The Morgan fingerprint density at radius 3 is 2.79 bits per heavy atom. The van der Waals surface area contributed by atoms with Crippen molar-refractivity contribution in [3.63, 3.8) is 0 Å². The molecule has 1 amide bonds. The third-order valence-electron chi connectivity index (χ3n) is 5.29. The first-order valence-electron chi connectivity index (χ1n) is 10.7. The number of benzene rings is 2. The van der Waals surface area contributed by atoms with E-state index in [9.17, 15) is 9.90 Å². The molecule has 34 heavy (non-hydrogen) atoms. The van der Waals surface area contributed by atoms with Gasteiger partial charge in [0.05, 0.1) is 36.5 Å². The summed E-state index contributed by atoms with van der Waals surface area (Å²) in [5.41, 5.74) is 4.53. The fraction of sp³-hybridized carbons (Fsp3) is 0.160. The van der Waals surface area contributed by atoms with Gasteiger partial charge in [-0.05, 0) is 24.3 Å². The third-order valence-corrected chi connectivity index (χ3v) is 5.29. The standard InChI is InChI=1S/C25H26N6O3/c1-4-24(33)28-20-13-21(23(34-3)14-19(20)26-11-12-32)30-25-27-10-9-18(29-25)17-15-31(2)22-8-6-5-7-16(17)22/h4-10,13-15,26,32H,1,11-12H2,2-3H3,(H,28,33)(H,27,29,30). The maximum Gasteiger partial charge on any atom is 0.247 e. The molecular formula is C25H26N6O3. The van der Waals surface area contributed by atoms with E-state index in [0.29, 0.717) is 35.3 Å². The average Bonchev–Trinajstić information content (AvgIpc) is 3.20. The third kappa shape index (κ3) is 4.69. The van der Waals surface area contributed by atoms with E-state index in [1.54, 1.807) is 25.4 Å². The SMILES string of the molecule is C=CC(=O)Nc1cc(Nc2nccc(-c3cn(C)c4ccccc34)n2)c(OC)cc1NCCO. The maximum atomic E-state index is 12.0. The quantitative estimate of drug-likeness (QED) is 0.281. The number of hydrogen-bond acceptors (Lipinski definition) is 7. The van der Waals surface area contributed by atoms with Crippen molar-refractivity contribution in [1.82, 2.24) is 14.5 Å². The Labute approximate surface area is 197 Å². The summed E-state index contributed by atoms with van der Waals surface area (Å²) in [5.74, 6) is 0.523. The van der Waals surface area contributed by atoms with E-state index < -0.39 is 0 Å². The summed E-state index contributed by atoms with van der Waals surface area (Å²) in [7, 11) is 3.55. The molecule has 4 N–H and O–H groups in total. The maximum absolute atomic E-state index is 12.0. The van der Waals surface area contributed by atoms with E-state index >= 15 is 0 Å². The van der Waals surface area contributed by atoms with Crippen molar-refractivity contribution in [3.05, 3.63) is 67.5 Å². The molecular weight excluding hydrogens is 432 g/mol. The molecule has 2 aromatic heterocycles. The van der Waals surface area contributed by atoms with Gasteiger partial charge in [0.1, 0.15) is 5.75 Å². The Kier molecular flexibility index (Phi) is 6.74. The molecule has 4 aromatic rings. The molecule has 0 saturated carbocycles. The van der Waals surface area contributed by atoms with Gasteiger partial charge in [0, 0.05) is 48.5 Å². The van der Waals surface area contributed by atoms with E-state index in [0.717, 1.165) is 22.2 Å². The molecule has 0 atom stereocenters. The number of aryl methyl sites for hydroxylation is 1. The predicted molar refractivity (Wildman–Crippen MR) is 135 cm³/mol. The molecule has 174 valence electrons. The van der Waals surface area contributed by atoms with Crippen molar-refractivity contribution < 1.29 is 14.6 Å². The van der Waals surface area contributed by atoms with E-state index in [4.69, 9.17) is 9.72 Å². The number of methoxy groups -OCH3 is 1. The van der Waals surface area contributed by atoms with Gasteiger partial charge >= 0.3 is 0 Å². The van der Waals surface area contributed by atoms with Crippen LogP contribution in [0.15, 0.2) is 67.5 Å².